The minimum absolute atomic E-state index is 0.00615. The van der Waals surface area contributed by atoms with Gasteiger partial charge < -0.3 is 4.74 Å². The number of rotatable bonds is 6. The maximum absolute atomic E-state index is 6.52. The third-order valence-electron chi connectivity index (χ3n) is 7.04. The van der Waals surface area contributed by atoms with Crippen LogP contribution in [0.15, 0.2) is 41.0 Å². The predicted molar refractivity (Wildman–Crippen MR) is 136 cm³/mol. The van der Waals surface area contributed by atoms with Gasteiger partial charge in [0.25, 0.3) is 0 Å². The molecule has 0 heterocycles. The van der Waals surface area contributed by atoms with Crippen molar-refractivity contribution in [3.63, 3.8) is 0 Å². The van der Waals surface area contributed by atoms with Crippen LogP contribution in [0.1, 0.15) is 79.0 Å². The van der Waals surface area contributed by atoms with Crippen LogP contribution >= 0.6 is 0 Å². The first-order chi connectivity index (χ1) is 13.7. The first-order valence-electron chi connectivity index (χ1n) is 11.3. The van der Waals surface area contributed by atoms with Gasteiger partial charge in [-0.2, -0.15) is 0 Å². The number of benzene rings is 1. The molecule has 1 aliphatic rings. The van der Waals surface area contributed by atoms with Crippen LogP contribution in [0.2, 0.25) is 13.1 Å². The molecular formula is C28H43OSi. The van der Waals surface area contributed by atoms with Crippen molar-refractivity contribution in [2.24, 2.45) is 5.92 Å². The highest BCUT2D eigenvalue weighted by molar-refractivity contribution is 6.71. The molecule has 0 bridgehead atoms. The summed E-state index contributed by atoms with van der Waals surface area (Å²) >= 11 is 0. The van der Waals surface area contributed by atoms with E-state index in [0.717, 1.165) is 5.75 Å². The molecule has 0 aliphatic heterocycles. The second-order valence-electron chi connectivity index (χ2n) is 10.9. The highest BCUT2D eigenvalue weighted by Gasteiger charge is 2.40. The van der Waals surface area contributed by atoms with E-state index in [4.69, 9.17) is 4.74 Å². The van der Waals surface area contributed by atoms with E-state index >= 15 is 0 Å². The van der Waals surface area contributed by atoms with E-state index in [1.165, 1.54) is 44.2 Å². The molecule has 0 saturated carbocycles. The van der Waals surface area contributed by atoms with Gasteiger partial charge in [0.1, 0.15) is 12.4 Å². The van der Waals surface area contributed by atoms with Gasteiger partial charge in [-0.15, -0.1) is 0 Å². The topological polar surface area (TPSA) is 9.23 Å². The van der Waals surface area contributed by atoms with E-state index in [0.29, 0.717) is 12.5 Å². The van der Waals surface area contributed by atoms with E-state index in [9.17, 15) is 0 Å². The van der Waals surface area contributed by atoms with Crippen molar-refractivity contribution in [1.82, 2.24) is 0 Å². The molecule has 1 unspecified atom stereocenters. The minimum atomic E-state index is -0.697. The lowest BCUT2D eigenvalue weighted by atomic mass is 9.71. The Morgan fingerprint density at radius 1 is 1.03 bits per heavy atom. The molecule has 1 aromatic carbocycles. The molecule has 0 N–H and O–H groups in total. The molecule has 165 valence electrons. The van der Waals surface area contributed by atoms with E-state index in [2.05, 4.69) is 95.0 Å². The maximum atomic E-state index is 6.52. The van der Waals surface area contributed by atoms with Crippen LogP contribution in [0, 0.1) is 12.8 Å². The molecule has 1 nitrogen and oxygen atoms in total. The van der Waals surface area contributed by atoms with Gasteiger partial charge in [0.05, 0.1) is 8.80 Å². The quantitative estimate of drug-likeness (QED) is 0.342. The Hall–Kier alpha value is -1.54. The molecule has 0 saturated heterocycles. The monoisotopic (exact) mass is 423 g/mol. The first kappa shape index (κ1) is 24.7. The Kier molecular flexibility index (Phi) is 7.03. The predicted octanol–water partition coefficient (Wildman–Crippen LogP) is 7.40. The van der Waals surface area contributed by atoms with Crippen molar-refractivity contribution in [3.8, 4) is 5.75 Å². The molecule has 2 heteroatoms. The molecular weight excluding hydrogens is 380 g/mol. The Labute approximate surface area is 187 Å². The van der Waals surface area contributed by atoms with Crippen LogP contribution in [0.3, 0.4) is 0 Å². The van der Waals surface area contributed by atoms with Crippen molar-refractivity contribution >= 4 is 14.0 Å². The van der Waals surface area contributed by atoms with Crippen LogP contribution < -0.4 is 9.92 Å². The summed E-state index contributed by atoms with van der Waals surface area (Å²) in [7, 11) is -0.697. The van der Waals surface area contributed by atoms with E-state index < -0.39 is 8.80 Å². The summed E-state index contributed by atoms with van der Waals surface area (Å²) < 4.78 is 6.52. The summed E-state index contributed by atoms with van der Waals surface area (Å²) in [5.41, 5.74) is 9.99. The standard InChI is InChI=1S/C28H43OSi/c1-14-15-29-25-22(27(7,8)9)16-17(2)26(30(12)13)24(25)28(10,11)23-20(5)18(3)19(4)21(23)6/h14,16,18H,1,15H2,2-13H3. The summed E-state index contributed by atoms with van der Waals surface area (Å²) in [6.45, 7) is 32.6. The molecule has 1 aliphatic carbocycles. The van der Waals surface area contributed by atoms with Gasteiger partial charge in [0.2, 0.25) is 0 Å². The van der Waals surface area contributed by atoms with Gasteiger partial charge in [0.15, 0.2) is 0 Å². The van der Waals surface area contributed by atoms with Crippen LogP contribution in [0.5, 0.6) is 5.75 Å². The normalized spacial score (nSPS) is 18.0. The number of allylic oxidation sites excluding steroid dienone is 4. The Bertz CT molecular complexity index is 904. The molecule has 1 aromatic rings. The Morgan fingerprint density at radius 2 is 1.60 bits per heavy atom. The molecule has 1 radical (unpaired) electrons. The maximum Gasteiger partial charge on any atom is 0.127 e. The molecule has 0 fully saturated rings. The Morgan fingerprint density at radius 3 is 2.00 bits per heavy atom. The zero-order valence-corrected chi connectivity index (χ0v) is 22.6. The van der Waals surface area contributed by atoms with Crippen molar-refractivity contribution in [3.05, 3.63) is 57.7 Å². The average molecular weight is 424 g/mol. The van der Waals surface area contributed by atoms with Crippen LogP contribution in [-0.4, -0.2) is 15.4 Å². The fraction of sp³-hybridized carbons (Fsp3) is 0.571. The second kappa shape index (κ2) is 8.53. The Balaban J connectivity index is 3.01. The molecule has 30 heavy (non-hydrogen) atoms. The van der Waals surface area contributed by atoms with Gasteiger partial charge in [-0.1, -0.05) is 95.3 Å². The number of ether oxygens (including phenoxy) is 1. The second-order valence-corrected chi connectivity index (χ2v) is 13.4. The van der Waals surface area contributed by atoms with Crippen molar-refractivity contribution in [2.75, 3.05) is 6.61 Å². The molecule has 1 atom stereocenters. The van der Waals surface area contributed by atoms with Crippen LogP contribution in [-0.2, 0) is 10.8 Å². The minimum Gasteiger partial charge on any atom is -0.489 e. The molecule has 2 rings (SSSR count). The van der Waals surface area contributed by atoms with Gasteiger partial charge >= 0.3 is 0 Å². The SMILES string of the molecule is C=CCOc1c(C(C)(C)C)cc(C)c([Si](C)C)c1C(C)(C)C1=C(C)C(C)C(C)=C1C. The zero-order chi connectivity index (χ0) is 23.2. The van der Waals surface area contributed by atoms with Gasteiger partial charge in [0, 0.05) is 16.5 Å². The van der Waals surface area contributed by atoms with Crippen LogP contribution in [0.25, 0.3) is 0 Å². The molecule has 0 spiro atoms. The van der Waals surface area contributed by atoms with Crippen LogP contribution in [0.4, 0.5) is 0 Å². The summed E-state index contributed by atoms with van der Waals surface area (Å²) in [5.74, 6) is 1.60. The highest BCUT2D eigenvalue weighted by atomic mass is 28.3. The fourth-order valence-corrected chi connectivity index (χ4v) is 7.12. The summed E-state index contributed by atoms with van der Waals surface area (Å²) in [5, 5.41) is 1.53. The lowest BCUT2D eigenvalue weighted by Gasteiger charge is -2.38. The van der Waals surface area contributed by atoms with Crippen molar-refractivity contribution in [1.29, 1.82) is 0 Å². The van der Waals surface area contributed by atoms with E-state index in [-0.39, 0.29) is 10.8 Å². The first-order valence-corrected chi connectivity index (χ1v) is 13.8. The van der Waals surface area contributed by atoms with Gasteiger partial charge in [-0.3, -0.25) is 0 Å². The number of aryl methyl sites for hydroxylation is 1. The van der Waals surface area contributed by atoms with Gasteiger partial charge in [-0.05, 0) is 50.2 Å². The average Bonchev–Trinajstić information content (AvgIpc) is 2.82. The van der Waals surface area contributed by atoms with Gasteiger partial charge in [-0.25, -0.2) is 0 Å². The van der Waals surface area contributed by atoms with E-state index in [1.54, 1.807) is 0 Å². The number of hydrogen-bond acceptors (Lipinski definition) is 1. The lowest BCUT2D eigenvalue weighted by Crippen LogP contribution is -2.39. The zero-order valence-electron chi connectivity index (χ0n) is 21.6. The highest BCUT2D eigenvalue weighted by Crippen LogP contribution is 2.50. The van der Waals surface area contributed by atoms with Crippen molar-refractivity contribution < 1.29 is 4.74 Å². The third-order valence-corrected chi connectivity index (χ3v) is 8.68. The summed E-state index contributed by atoms with van der Waals surface area (Å²) in [4.78, 5) is 0. The van der Waals surface area contributed by atoms with Crippen molar-refractivity contribution in [2.45, 2.75) is 93.2 Å². The molecule has 0 aromatic heterocycles. The third kappa shape index (κ3) is 4.13. The largest absolute Gasteiger partial charge is 0.489 e. The smallest absolute Gasteiger partial charge is 0.127 e. The van der Waals surface area contributed by atoms with E-state index in [1.807, 2.05) is 6.08 Å². The lowest BCUT2D eigenvalue weighted by molar-refractivity contribution is 0.341. The number of hydrogen-bond donors (Lipinski definition) is 0. The fourth-order valence-electron chi connectivity index (χ4n) is 5.34. The molecule has 0 amide bonds. The summed E-state index contributed by atoms with van der Waals surface area (Å²) in [6.07, 6.45) is 1.87. The summed E-state index contributed by atoms with van der Waals surface area (Å²) in [6, 6.07) is 2.39.